The minimum absolute atomic E-state index is 0. The summed E-state index contributed by atoms with van der Waals surface area (Å²) in [5.74, 6) is 3.63. The number of nitrogens with one attached hydrogen (secondary N) is 2. The van der Waals surface area contributed by atoms with Gasteiger partial charge in [0, 0.05) is 31.2 Å². The number of amides is 1. The van der Waals surface area contributed by atoms with Crippen LogP contribution in [0.1, 0.15) is 79.1 Å². The SMILES string of the molecule is CCNC(=NCC(C1CC1)C1CC1)NC1CC2CCC(C1)N2C(=O)OC(C)(C)C.I. The molecule has 6 nitrogen and oxygen atoms in total. The Bertz CT molecular complexity index is 601. The second kappa shape index (κ2) is 9.82. The second-order valence-electron chi connectivity index (χ2n) is 10.6. The van der Waals surface area contributed by atoms with E-state index in [-0.39, 0.29) is 42.2 Å². The molecule has 0 aromatic rings. The summed E-state index contributed by atoms with van der Waals surface area (Å²) in [7, 11) is 0. The van der Waals surface area contributed by atoms with Gasteiger partial charge in [-0.2, -0.15) is 0 Å². The Hall–Kier alpha value is -0.730. The van der Waals surface area contributed by atoms with Crippen molar-refractivity contribution >= 4 is 36.0 Å². The van der Waals surface area contributed by atoms with Gasteiger partial charge in [-0.05, 0) is 96.8 Å². The summed E-state index contributed by atoms with van der Waals surface area (Å²) in [6.45, 7) is 9.80. The predicted molar refractivity (Wildman–Crippen MR) is 131 cm³/mol. The van der Waals surface area contributed by atoms with E-state index < -0.39 is 5.60 Å². The van der Waals surface area contributed by atoms with Crippen molar-refractivity contribution in [2.45, 2.75) is 103 Å². The van der Waals surface area contributed by atoms with Crippen molar-refractivity contribution in [2.75, 3.05) is 13.1 Å². The third kappa shape index (κ3) is 6.16. The standard InChI is InChI=1S/C23H40N4O2.HI/c1-5-24-21(25-14-20(15-6-7-15)16-8-9-16)26-17-12-18-10-11-19(13-17)27(18)22(28)29-23(2,3)4;/h15-20H,5-14H2,1-4H3,(H2,24,25,26);1H. The van der Waals surface area contributed by atoms with Gasteiger partial charge < -0.3 is 20.3 Å². The molecule has 4 rings (SSSR count). The number of nitrogens with zero attached hydrogens (tertiary/aromatic N) is 2. The van der Waals surface area contributed by atoms with Crippen LogP contribution >= 0.6 is 24.0 Å². The number of piperidine rings is 1. The molecule has 0 aromatic carbocycles. The number of fused-ring (bicyclic) bond motifs is 2. The summed E-state index contributed by atoms with van der Waals surface area (Å²) in [5, 5.41) is 7.15. The van der Waals surface area contributed by atoms with Gasteiger partial charge in [-0.15, -0.1) is 24.0 Å². The first-order chi connectivity index (χ1) is 13.8. The van der Waals surface area contributed by atoms with Crippen molar-refractivity contribution in [1.82, 2.24) is 15.5 Å². The minimum atomic E-state index is -0.434. The molecule has 2 saturated carbocycles. The van der Waals surface area contributed by atoms with Crippen LogP contribution in [-0.4, -0.2) is 53.8 Å². The molecule has 2 aliphatic carbocycles. The molecule has 172 valence electrons. The maximum Gasteiger partial charge on any atom is 0.410 e. The summed E-state index contributed by atoms with van der Waals surface area (Å²) < 4.78 is 5.66. The van der Waals surface area contributed by atoms with Crippen molar-refractivity contribution in [3.05, 3.63) is 0 Å². The fourth-order valence-corrected chi connectivity index (χ4v) is 5.35. The lowest BCUT2D eigenvalue weighted by atomic mass is 9.97. The summed E-state index contributed by atoms with van der Waals surface area (Å²) in [6, 6.07) is 0.952. The molecule has 2 saturated heterocycles. The van der Waals surface area contributed by atoms with Gasteiger partial charge in [-0.1, -0.05) is 0 Å². The smallest absolute Gasteiger partial charge is 0.410 e. The molecule has 0 radical (unpaired) electrons. The summed E-state index contributed by atoms with van der Waals surface area (Å²) in [5.41, 5.74) is -0.434. The molecule has 2 unspecified atom stereocenters. The van der Waals surface area contributed by atoms with Crippen LogP contribution in [0.5, 0.6) is 0 Å². The average Bonchev–Trinajstić information content (AvgIpc) is 3.52. The highest BCUT2D eigenvalue weighted by Gasteiger charge is 2.45. The minimum Gasteiger partial charge on any atom is -0.444 e. The van der Waals surface area contributed by atoms with Crippen LogP contribution in [-0.2, 0) is 4.74 Å². The number of hydrogen-bond donors (Lipinski definition) is 2. The average molecular weight is 533 g/mol. The monoisotopic (exact) mass is 532 g/mol. The molecule has 0 spiro atoms. The van der Waals surface area contributed by atoms with Crippen LogP contribution in [0, 0.1) is 17.8 Å². The molecular weight excluding hydrogens is 491 g/mol. The highest BCUT2D eigenvalue weighted by molar-refractivity contribution is 14.0. The molecule has 4 aliphatic rings. The van der Waals surface area contributed by atoms with Crippen LogP contribution in [0.25, 0.3) is 0 Å². The summed E-state index contributed by atoms with van der Waals surface area (Å²) in [4.78, 5) is 19.7. The first-order valence-electron chi connectivity index (χ1n) is 11.9. The summed E-state index contributed by atoms with van der Waals surface area (Å²) >= 11 is 0. The van der Waals surface area contributed by atoms with E-state index in [2.05, 4.69) is 17.6 Å². The number of hydrogen-bond acceptors (Lipinski definition) is 3. The van der Waals surface area contributed by atoms with Gasteiger partial charge in [0.25, 0.3) is 0 Å². The zero-order valence-electron chi connectivity index (χ0n) is 19.2. The maximum absolute atomic E-state index is 12.7. The molecule has 4 fully saturated rings. The zero-order valence-corrected chi connectivity index (χ0v) is 21.5. The van der Waals surface area contributed by atoms with E-state index in [1.54, 1.807) is 0 Å². The van der Waals surface area contributed by atoms with Gasteiger partial charge in [-0.3, -0.25) is 4.99 Å². The van der Waals surface area contributed by atoms with Crippen molar-refractivity contribution in [2.24, 2.45) is 22.7 Å². The Morgan fingerprint density at radius 2 is 1.63 bits per heavy atom. The van der Waals surface area contributed by atoms with E-state index in [0.29, 0.717) is 6.04 Å². The largest absolute Gasteiger partial charge is 0.444 e. The van der Waals surface area contributed by atoms with Crippen LogP contribution in [0.3, 0.4) is 0 Å². The molecule has 7 heteroatoms. The van der Waals surface area contributed by atoms with E-state index in [1.807, 2.05) is 25.7 Å². The number of aliphatic imine (C=N–C) groups is 1. The van der Waals surface area contributed by atoms with Gasteiger partial charge >= 0.3 is 6.09 Å². The Balaban J connectivity index is 0.00000256. The number of rotatable bonds is 6. The number of guanidine groups is 1. The molecule has 2 heterocycles. The van der Waals surface area contributed by atoms with Crippen LogP contribution in [0.4, 0.5) is 4.79 Å². The van der Waals surface area contributed by atoms with E-state index in [9.17, 15) is 4.79 Å². The number of halogens is 1. The maximum atomic E-state index is 12.7. The lowest BCUT2D eigenvalue weighted by Crippen LogP contribution is -2.55. The third-order valence-electron chi connectivity index (χ3n) is 6.94. The summed E-state index contributed by atoms with van der Waals surface area (Å²) in [6.07, 6.45) is 9.63. The van der Waals surface area contributed by atoms with Crippen molar-refractivity contribution in [1.29, 1.82) is 0 Å². The second-order valence-corrected chi connectivity index (χ2v) is 10.6. The fraction of sp³-hybridized carbons (Fsp3) is 0.913. The molecule has 2 bridgehead atoms. The lowest BCUT2D eigenvalue weighted by Gasteiger charge is -2.40. The van der Waals surface area contributed by atoms with Gasteiger partial charge in [0.05, 0.1) is 0 Å². The molecule has 2 aliphatic heterocycles. The molecule has 2 N–H and O–H groups in total. The normalized spacial score (nSPS) is 28.9. The lowest BCUT2D eigenvalue weighted by molar-refractivity contribution is 0.00545. The topological polar surface area (TPSA) is 66.0 Å². The van der Waals surface area contributed by atoms with Crippen LogP contribution in [0.15, 0.2) is 4.99 Å². The van der Waals surface area contributed by atoms with E-state index in [4.69, 9.17) is 9.73 Å². The van der Waals surface area contributed by atoms with Crippen LogP contribution < -0.4 is 10.6 Å². The zero-order chi connectivity index (χ0) is 20.6. The van der Waals surface area contributed by atoms with Crippen molar-refractivity contribution < 1.29 is 9.53 Å². The van der Waals surface area contributed by atoms with E-state index >= 15 is 0 Å². The van der Waals surface area contributed by atoms with Gasteiger partial charge in [-0.25, -0.2) is 4.79 Å². The van der Waals surface area contributed by atoms with E-state index in [0.717, 1.165) is 62.5 Å². The van der Waals surface area contributed by atoms with E-state index in [1.165, 1.54) is 25.7 Å². The number of ether oxygens (including phenoxy) is 1. The predicted octanol–water partition coefficient (Wildman–Crippen LogP) is 4.53. The quantitative estimate of drug-likeness (QED) is 0.300. The fourth-order valence-electron chi connectivity index (χ4n) is 5.35. The van der Waals surface area contributed by atoms with Crippen molar-refractivity contribution in [3.63, 3.8) is 0 Å². The Morgan fingerprint density at radius 1 is 1.07 bits per heavy atom. The third-order valence-corrected chi connectivity index (χ3v) is 6.94. The number of carbonyl (C=O) groups is 1. The Morgan fingerprint density at radius 3 is 2.10 bits per heavy atom. The highest BCUT2D eigenvalue weighted by atomic mass is 127. The van der Waals surface area contributed by atoms with Gasteiger partial charge in [0.2, 0.25) is 0 Å². The molecular formula is C23H41IN4O2. The molecule has 1 amide bonds. The first-order valence-corrected chi connectivity index (χ1v) is 11.9. The first kappa shape index (κ1) is 23.9. The van der Waals surface area contributed by atoms with Gasteiger partial charge in [0.15, 0.2) is 5.96 Å². The molecule has 2 atom stereocenters. The Labute approximate surface area is 199 Å². The van der Waals surface area contributed by atoms with Gasteiger partial charge in [0.1, 0.15) is 5.60 Å². The number of carbonyl (C=O) groups excluding carboxylic acids is 1. The highest BCUT2D eigenvalue weighted by Crippen LogP contribution is 2.49. The van der Waals surface area contributed by atoms with Crippen molar-refractivity contribution in [3.8, 4) is 0 Å². The molecule has 0 aromatic heterocycles. The van der Waals surface area contributed by atoms with Crippen LogP contribution in [0.2, 0.25) is 0 Å². The Kier molecular flexibility index (Phi) is 7.83. The molecule has 30 heavy (non-hydrogen) atoms.